The van der Waals surface area contributed by atoms with Gasteiger partial charge in [0.25, 0.3) is 0 Å². The first-order valence-electron chi connectivity index (χ1n) is 4.75. The molecule has 0 spiro atoms. The largest absolute Gasteiger partial charge is 0.386 e. The van der Waals surface area contributed by atoms with Gasteiger partial charge in [0, 0.05) is 0 Å². The molecular formula is C11H14BrFO2. The van der Waals surface area contributed by atoms with E-state index in [1.807, 2.05) is 13.8 Å². The van der Waals surface area contributed by atoms with E-state index in [0.29, 0.717) is 10.0 Å². The van der Waals surface area contributed by atoms with E-state index in [0.717, 1.165) is 0 Å². The highest BCUT2D eigenvalue weighted by molar-refractivity contribution is 9.10. The van der Waals surface area contributed by atoms with Crippen molar-refractivity contribution < 1.29 is 14.2 Å². The number of ether oxygens (including phenoxy) is 1. The normalized spacial score (nSPS) is 13.2. The summed E-state index contributed by atoms with van der Waals surface area (Å²) in [5.74, 6) is -0.379. The Morgan fingerprint density at radius 3 is 2.67 bits per heavy atom. The van der Waals surface area contributed by atoms with Crippen LogP contribution in [-0.4, -0.2) is 17.8 Å². The minimum absolute atomic E-state index is 0.0555. The van der Waals surface area contributed by atoms with Crippen molar-refractivity contribution in [3.8, 4) is 0 Å². The molecular weight excluding hydrogens is 263 g/mol. The summed E-state index contributed by atoms with van der Waals surface area (Å²) < 4.78 is 18.8. The summed E-state index contributed by atoms with van der Waals surface area (Å²) >= 11 is 3.05. The SMILES string of the molecule is CC(C)OCC(O)c1ccc(Br)c(F)c1. The molecule has 15 heavy (non-hydrogen) atoms. The average Bonchev–Trinajstić information content (AvgIpc) is 2.18. The van der Waals surface area contributed by atoms with Gasteiger partial charge in [0.2, 0.25) is 0 Å². The molecule has 0 bridgehead atoms. The topological polar surface area (TPSA) is 29.5 Å². The third-order valence-corrected chi connectivity index (χ3v) is 2.56. The Bertz CT molecular complexity index is 328. The lowest BCUT2D eigenvalue weighted by molar-refractivity contribution is 0.00482. The molecule has 2 nitrogen and oxygen atoms in total. The highest BCUT2D eigenvalue weighted by Crippen LogP contribution is 2.21. The summed E-state index contributed by atoms with van der Waals surface area (Å²) in [6.45, 7) is 3.95. The fraction of sp³-hybridized carbons (Fsp3) is 0.455. The summed E-state index contributed by atoms with van der Waals surface area (Å²) in [7, 11) is 0. The van der Waals surface area contributed by atoms with E-state index >= 15 is 0 Å². The van der Waals surface area contributed by atoms with Gasteiger partial charge in [-0.2, -0.15) is 0 Å². The minimum atomic E-state index is -0.782. The van der Waals surface area contributed by atoms with E-state index in [9.17, 15) is 9.50 Å². The van der Waals surface area contributed by atoms with Crippen LogP contribution < -0.4 is 0 Å². The Morgan fingerprint density at radius 1 is 1.47 bits per heavy atom. The van der Waals surface area contributed by atoms with E-state index in [2.05, 4.69) is 15.9 Å². The lowest BCUT2D eigenvalue weighted by Crippen LogP contribution is -2.12. The Balaban J connectivity index is 2.65. The van der Waals surface area contributed by atoms with Crippen molar-refractivity contribution in [3.63, 3.8) is 0 Å². The second kappa shape index (κ2) is 5.58. The molecule has 0 aliphatic rings. The number of aliphatic hydroxyl groups is 1. The van der Waals surface area contributed by atoms with Gasteiger partial charge in [0.15, 0.2) is 0 Å². The molecule has 0 amide bonds. The van der Waals surface area contributed by atoms with Crippen LogP contribution in [0.15, 0.2) is 22.7 Å². The fourth-order valence-corrected chi connectivity index (χ4v) is 1.35. The van der Waals surface area contributed by atoms with Crippen molar-refractivity contribution >= 4 is 15.9 Å². The fourth-order valence-electron chi connectivity index (χ4n) is 1.10. The van der Waals surface area contributed by atoms with Crippen molar-refractivity contribution in [1.82, 2.24) is 0 Å². The summed E-state index contributed by atoms with van der Waals surface area (Å²) in [6.07, 6.45) is -0.727. The smallest absolute Gasteiger partial charge is 0.137 e. The lowest BCUT2D eigenvalue weighted by Gasteiger charge is -2.14. The van der Waals surface area contributed by atoms with Gasteiger partial charge in [-0.15, -0.1) is 0 Å². The number of aliphatic hydroxyl groups excluding tert-OH is 1. The van der Waals surface area contributed by atoms with Gasteiger partial charge in [-0.25, -0.2) is 4.39 Å². The molecule has 1 atom stereocenters. The maximum Gasteiger partial charge on any atom is 0.137 e. The second-order valence-electron chi connectivity index (χ2n) is 3.57. The third-order valence-electron chi connectivity index (χ3n) is 1.92. The lowest BCUT2D eigenvalue weighted by atomic mass is 10.1. The Morgan fingerprint density at radius 2 is 2.13 bits per heavy atom. The zero-order valence-electron chi connectivity index (χ0n) is 8.71. The predicted molar refractivity (Wildman–Crippen MR) is 60.1 cm³/mol. The molecule has 1 unspecified atom stereocenters. The van der Waals surface area contributed by atoms with E-state index in [4.69, 9.17) is 4.74 Å². The quantitative estimate of drug-likeness (QED) is 0.916. The van der Waals surface area contributed by atoms with E-state index in [1.165, 1.54) is 6.07 Å². The summed E-state index contributed by atoms with van der Waals surface area (Å²) in [4.78, 5) is 0. The highest BCUT2D eigenvalue weighted by atomic mass is 79.9. The van der Waals surface area contributed by atoms with Crippen molar-refractivity contribution in [2.75, 3.05) is 6.61 Å². The summed E-state index contributed by atoms with van der Waals surface area (Å²) in [5.41, 5.74) is 0.524. The molecule has 0 heterocycles. The first-order chi connectivity index (χ1) is 7.00. The van der Waals surface area contributed by atoms with Gasteiger partial charge in [-0.05, 0) is 47.5 Å². The molecule has 1 aromatic rings. The Kier molecular flexibility index (Phi) is 4.70. The van der Waals surface area contributed by atoms with Crippen LogP contribution in [0.2, 0.25) is 0 Å². The molecule has 0 saturated heterocycles. The van der Waals surface area contributed by atoms with Crippen molar-refractivity contribution in [3.05, 3.63) is 34.1 Å². The van der Waals surface area contributed by atoms with E-state index < -0.39 is 6.10 Å². The van der Waals surface area contributed by atoms with Crippen LogP contribution in [0, 0.1) is 5.82 Å². The summed E-state index contributed by atoms with van der Waals surface area (Å²) in [5, 5.41) is 9.68. The van der Waals surface area contributed by atoms with Crippen LogP contribution in [0.4, 0.5) is 4.39 Å². The van der Waals surface area contributed by atoms with Crippen molar-refractivity contribution in [1.29, 1.82) is 0 Å². The molecule has 1 aromatic carbocycles. The summed E-state index contributed by atoms with van der Waals surface area (Å²) in [6, 6.07) is 4.54. The second-order valence-corrected chi connectivity index (χ2v) is 4.43. The molecule has 1 N–H and O–H groups in total. The molecule has 84 valence electrons. The Hall–Kier alpha value is -0.450. The first-order valence-corrected chi connectivity index (χ1v) is 5.54. The molecule has 0 aliphatic heterocycles. The average molecular weight is 277 g/mol. The minimum Gasteiger partial charge on any atom is -0.386 e. The van der Waals surface area contributed by atoms with Gasteiger partial charge in [0.1, 0.15) is 11.9 Å². The standard InChI is InChI=1S/C11H14BrFO2/c1-7(2)15-6-11(14)8-3-4-9(12)10(13)5-8/h3-5,7,11,14H,6H2,1-2H3. The molecule has 4 heteroatoms. The van der Waals surface area contributed by atoms with Crippen LogP contribution >= 0.6 is 15.9 Å². The van der Waals surface area contributed by atoms with E-state index in [-0.39, 0.29) is 18.5 Å². The molecule has 0 radical (unpaired) electrons. The maximum absolute atomic E-state index is 13.1. The van der Waals surface area contributed by atoms with Gasteiger partial charge in [-0.1, -0.05) is 6.07 Å². The monoisotopic (exact) mass is 276 g/mol. The van der Waals surface area contributed by atoms with Crippen LogP contribution in [0.3, 0.4) is 0 Å². The number of hydrogen-bond donors (Lipinski definition) is 1. The van der Waals surface area contributed by atoms with Crippen molar-refractivity contribution in [2.45, 2.75) is 26.1 Å². The molecule has 0 aliphatic carbocycles. The number of halogens is 2. The zero-order chi connectivity index (χ0) is 11.4. The number of rotatable bonds is 4. The zero-order valence-corrected chi connectivity index (χ0v) is 10.3. The molecule has 0 saturated carbocycles. The van der Waals surface area contributed by atoms with Gasteiger partial charge >= 0.3 is 0 Å². The van der Waals surface area contributed by atoms with E-state index in [1.54, 1.807) is 12.1 Å². The number of hydrogen-bond acceptors (Lipinski definition) is 2. The van der Waals surface area contributed by atoms with Crippen LogP contribution in [0.5, 0.6) is 0 Å². The van der Waals surface area contributed by atoms with Crippen LogP contribution in [0.1, 0.15) is 25.5 Å². The molecule has 1 rings (SSSR count). The van der Waals surface area contributed by atoms with Crippen molar-refractivity contribution in [2.24, 2.45) is 0 Å². The third kappa shape index (κ3) is 3.89. The number of benzene rings is 1. The van der Waals surface area contributed by atoms with Crippen LogP contribution in [0.25, 0.3) is 0 Å². The first kappa shape index (κ1) is 12.6. The predicted octanol–water partition coefficient (Wildman–Crippen LogP) is 3.05. The van der Waals surface area contributed by atoms with Gasteiger partial charge in [-0.3, -0.25) is 0 Å². The highest BCUT2D eigenvalue weighted by Gasteiger charge is 2.10. The van der Waals surface area contributed by atoms with Gasteiger partial charge in [0.05, 0.1) is 17.2 Å². The van der Waals surface area contributed by atoms with Gasteiger partial charge < -0.3 is 9.84 Å². The Labute approximate surface area is 97.2 Å². The molecule has 0 fully saturated rings. The maximum atomic E-state index is 13.1. The molecule has 0 aromatic heterocycles. The van der Waals surface area contributed by atoms with Crippen LogP contribution in [-0.2, 0) is 4.74 Å².